The van der Waals surface area contributed by atoms with Gasteiger partial charge in [-0.05, 0) is 45.4 Å². The smallest absolute Gasteiger partial charge is 0.338 e. The quantitative estimate of drug-likeness (QED) is 0.857. The van der Waals surface area contributed by atoms with Crippen LogP contribution >= 0.6 is 11.8 Å². The zero-order valence-electron chi connectivity index (χ0n) is 12.6. The molecule has 2 rings (SSSR count). The van der Waals surface area contributed by atoms with Crippen LogP contribution < -0.4 is 0 Å². The fourth-order valence-corrected chi connectivity index (χ4v) is 3.09. The summed E-state index contributed by atoms with van der Waals surface area (Å²) in [6.45, 7) is 7.81. The number of nitrogens with zero attached hydrogens (tertiary/aromatic N) is 3. The molecule has 2 heterocycles. The van der Waals surface area contributed by atoms with Crippen molar-refractivity contribution in [3.8, 4) is 0 Å². The monoisotopic (exact) mass is 305 g/mol. The fraction of sp³-hybridized carbons (Fsp3) is 0.400. The second kappa shape index (κ2) is 6.30. The summed E-state index contributed by atoms with van der Waals surface area (Å²) < 4.78 is 1.89. The lowest BCUT2D eigenvalue weighted by atomic mass is 10.1. The van der Waals surface area contributed by atoms with Crippen LogP contribution in [0.25, 0.3) is 0 Å². The Morgan fingerprint density at radius 3 is 2.71 bits per heavy atom. The van der Waals surface area contributed by atoms with Gasteiger partial charge < -0.3 is 5.11 Å². The molecule has 2 aromatic heterocycles. The summed E-state index contributed by atoms with van der Waals surface area (Å²) in [5, 5.41) is 14.4. The van der Waals surface area contributed by atoms with Gasteiger partial charge in [-0.1, -0.05) is 11.8 Å². The van der Waals surface area contributed by atoms with Crippen LogP contribution in [0.15, 0.2) is 23.4 Å². The topological polar surface area (TPSA) is 68.0 Å². The van der Waals surface area contributed by atoms with Gasteiger partial charge in [0.1, 0.15) is 5.03 Å². The van der Waals surface area contributed by atoms with Crippen molar-refractivity contribution in [2.45, 2.75) is 44.5 Å². The lowest BCUT2D eigenvalue weighted by Crippen LogP contribution is -2.05. The Hall–Kier alpha value is -1.82. The van der Waals surface area contributed by atoms with E-state index in [2.05, 4.69) is 23.9 Å². The average molecular weight is 305 g/mol. The molecule has 0 aliphatic rings. The Morgan fingerprint density at radius 2 is 2.14 bits per heavy atom. The molecule has 21 heavy (non-hydrogen) atoms. The SMILES string of the molecule is Cc1cc(C)c(C(=O)O)c(SCc2ccn(C(C)C)n2)n1. The van der Waals surface area contributed by atoms with E-state index in [4.69, 9.17) is 0 Å². The molecule has 0 radical (unpaired) electrons. The van der Waals surface area contributed by atoms with Gasteiger partial charge in [0.2, 0.25) is 0 Å². The molecule has 0 aromatic carbocycles. The summed E-state index contributed by atoms with van der Waals surface area (Å²) in [4.78, 5) is 15.7. The Morgan fingerprint density at radius 1 is 1.43 bits per heavy atom. The van der Waals surface area contributed by atoms with Crippen LogP contribution in [-0.2, 0) is 5.75 Å². The maximum Gasteiger partial charge on any atom is 0.338 e. The zero-order chi connectivity index (χ0) is 15.6. The maximum atomic E-state index is 11.4. The third-order valence-corrected chi connectivity index (χ3v) is 4.08. The molecular weight excluding hydrogens is 286 g/mol. The summed E-state index contributed by atoms with van der Waals surface area (Å²) in [5.74, 6) is -0.328. The van der Waals surface area contributed by atoms with Crippen molar-refractivity contribution in [2.24, 2.45) is 0 Å². The van der Waals surface area contributed by atoms with Crippen LogP contribution in [0.5, 0.6) is 0 Å². The Balaban J connectivity index is 2.21. The molecule has 0 fully saturated rings. The van der Waals surface area contributed by atoms with E-state index in [9.17, 15) is 9.90 Å². The lowest BCUT2D eigenvalue weighted by Gasteiger charge is -2.08. The first-order chi connectivity index (χ1) is 9.88. The van der Waals surface area contributed by atoms with Gasteiger partial charge in [0.15, 0.2) is 0 Å². The average Bonchev–Trinajstić information content (AvgIpc) is 2.83. The van der Waals surface area contributed by atoms with Crippen molar-refractivity contribution >= 4 is 17.7 Å². The number of aromatic carboxylic acids is 1. The van der Waals surface area contributed by atoms with Crippen molar-refractivity contribution < 1.29 is 9.90 Å². The van der Waals surface area contributed by atoms with Crippen molar-refractivity contribution in [3.63, 3.8) is 0 Å². The Kier molecular flexibility index (Phi) is 4.67. The van der Waals surface area contributed by atoms with E-state index in [0.717, 1.165) is 17.0 Å². The maximum absolute atomic E-state index is 11.4. The van der Waals surface area contributed by atoms with E-state index < -0.39 is 5.97 Å². The van der Waals surface area contributed by atoms with E-state index in [1.165, 1.54) is 11.8 Å². The van der Waals surface area contributed by atoms with Crippen molar-refractivity contribution in [1.82, 2.24) is 14.8 Å². The summed E-state index contributed by atoms with van der Waals surface area (Å²) in [6.07, 6.45) is 1.94. The van der Waals surface area contributed by atoms with Gasteiger partial charge in [0.25, 0.3) is 0 Å². The molecule has 0 atom stereocenters. The van der Waals surface area contributed by atoms with Crippen molar-refractivity contribution in [3.05, 3.63) is 40.8 Å². The molecule has 0 aliphatic heterocycles. The molecule has 0 unspecified atom stereocenters. The predicted molar refractivity (Wildman–Crippen MR) is 82.8 cm³/mol. The number of carboxylic acid groups (broad SMARTS) is 1. The number of hydrogen-bond acceptors (Lipinski definition) is 4. The number of hydrogen-bond donors (Lipinski definition) is 1. The largest absolute Gasteiger partial charge is 0.478 e. The number of aromatic nitrogens is 3. The second-order valence-electron chi connectivity index (χ2n) is 5.24. The lowest BCUT2D eigenvalue weighted by molar-refractivity contribution is 0.0691. The minimum atomic E-state index is -0.935. The predicted octanol–water partition coefficient (Wildman–Crippen LogP) is 3.47. The normalized spacial score (nSPS) is 11.1. The Bertz CT molecular complexity index is 665. The van der Waals surface area contributed by atoms with Crippen LogP contribution in [0.1, 0.15) is 47.2 Å². The first-order valence-corrected chi connectivity index (χ1v) is 7.75. The number of carboxylic acids is 1. The summed E-state index contributed by atoms with van der Waals surface area (Å²) in [5.41, 5.74) is 2.78. The van der Waals surface area contributed by atoms with Gasteiger partial charge in [-0.2, -0.15) is 5.10 Å². The minimum absolute atomic E-state index is 0.286. The van der Waals surface area contributed by atoms with Crippen LogP contribution in [0.4, 0.5) is 0 Å². The third-order valence-electron chi connectivity index (χ3n) is 3.07. The standard InChI is InChI=1S/C15H19N3O2S/c1-9(2)18-6-5-12(17-18)8-21-14-13(15(19)20)10(3)7-11(4)16-14/h5-7,9H,8H2,1-4H3,(H,19,20). The Labute approximate surface area is 128 Å². The third kappa shape index (κ3) is 3.64. The van der Waals surface area contributed by atoms with Crippen LogP contribution in [0.2, 0.25) is 0 Å². The van der Waals surface area contributed by atoms with E-state index in [1.807, 2.05) is 23.9 Å². The highest BCUT2D eigenvalue weighted by molar-refractivity contribution is 7.98. The number of carbonyl (C=O) groups is 1. The number of pyridine rings is 1. The second-order valence-corrected chi connectivity index (χ2v) is 6.20. The molecule has 0 aliphatic carbocycles. The van der Waals surface area contributed by atoms with E-state index in [1.54, 1.807) is 13.0 Å². The molecule has 1 N–H and O–H groups in total. The van der Waals surface area contributed by atoms with Gasteiger partial charge in [0, 0.05) is 23.7 Å². The molecule has 2 aromatic rings. The zero-order valence-corrected chi connectivity index (χ0v) is 13.4. The molecule has 0 saturated heterocycles. The van der Waals surface area contributed by atoms with Gasteiger partial charge >= 0.3 is 5.97 Å². The molecule has 0 saturated carbocycles. The van der Waals surface area contributed by atoms with Crippen LogP contribution in [-0.4, -0.2) is 25.8 Å². The summed E-state index contributed by atoms with van der Waals surface area (Å²) >= 11 is 1.41. The van der Waals surface area contributed by atoms with Gasteiger partial charge in [-0.3, -0.25) is 4.68 Å². The molecule has 0 spiro atoms. The molecule has 0 amide bonds. The van der Waals surface area contributed by atoms with Crippen molar-refractivity contribution in [1.29, 1.82) is 0 Å². The number of rotatable bonds is 5. The first kappa shape index (κ1) is 15.6. The molecular formula is C15H19N3O2S. The van der Waals surface area contributed by atoms with Crippen molar-refractivity contribution in [2.75, 3.05) is 0 Å². The number of aryl methyl sites for hydroxylation is 2. The first-order valence-electron chi connectivity index (χ1n) is 6.77. The van der Waals surface area contributed by atoms with E-state index in [-0.39, 0.29) is 5.56 Å². The molecule has 0 bridgehead atoms. The minimum Gasteiger partial charge on any atom is -0.478 e. The van der Waals surface area contributed by atoms with E-state index in [0.29, 0.717) is 16.8 Å². The van der Waals surface area contributed by atoms with E-state index >= 15 is 0 Å². The van der Waals surface area contributed by atoms with Crippen LogP contribution in [0, 0.1) is 13.8 Å². The van der Waals surface area contributed by atoms with Gasteiger partial charge in [-0.25, -0.2) is 9.78 Å². The highest BCUT2D eigenvalue weighted by atomic mass is 32.2. The van der Waals surface area contributed by atoms with Gasteiger partial charge in [-0.15, -0.1) is 0 Å². The highest BCUT2D eigenvalue weighted by Crippen LogP contribution is 2.27. The highest BCUT2D eigenvalue weighted by Gasteiger charge is 2.16. The summed E-state index contributed by atoms with van der Waals surface area (Å²) in [6, 6.07) is 4.06. The van der Waals surface area contributed by atoms with Gasteiger partial charge in [0.05, 0.1) is 11.3 Å². The molecule has 112 valence electrons. The molecule has 5 nitrogen and oxygen atoms in total. The molecule has 6 heteroatoms. The fourth-order valence-electron chi connectivity index (χ4n) is 2.05. The summed E-state index contributed by atoms with van der Waals surface area (Å²) in [7, 11) is 0. The number of thioether (sulfide) groups is 1. The van der Waals surface area contributed by atoms with Crippen LogP contribution in [0.3, 0.4) is 0 Å².